The number of carbonyl (C=O) groups is 1. The Hall–Kier alpha value is -1.67. The van der Waals surface area contributed by atoms with Gasteiger partial charge >= 0.3 is 5.69 Å². The minimum absolute atomic E-state index is 0.0249. The molecule has 0 aromatic carbocycles. The van der Waals surface area contributed by atoms with E-state index >= 15 is 0 Å². The lowest BCUT2D eigenvalue weighted by atomic mass is 10.3. The van der Waals surface area contributed by atoms with Gasteiger partial charge in [-0.05, 0) is 6.92 Å². The minimum atomic E-state index is -0.768. The van der Waals surface area contributed by atoms with Crippen LogP contribution in [-0.4, -0.2) is 36.6 Å². The molecule has 0 aliphatic carbocycles. The van der Waals surface area contributed by atoms with Gasteiger partial charge in [0, 0.05) is 25.0 Å². The van der Waals surface area contributed by atoms with Crippen LogP contribution in [0.4, 0.5) is 10.7 Å². The fraction of sp³-hybridized carbons (Fsp3) is 0.500. The van der Waals surface area contributed by atoms with Gasteiger partial charge in [-0.3, -0.25) is 14.9 Å². The highest BCUT2D eigenvalue weighted by Gasteiger charge is 2.24. The highest BCUT2D eigenvalue weighted by molar-refractivity contribution is 7.16. The van der Waals surface area contributed by atoms with Crippen molar-refractivity contribution in [3.63, 3.8) is 0 Å². The van der Waals surface area contributed by atoms with Crippen LogP contribution < -0.4 is 10.2 Å². The monoisotopic (exact) mass is 273 g/mol. The van der Waals surface area contributed by atoms with Gasteiger partial charge in [-0.2, -0.15) is 0 Å². The number of aliphatic hydroxyl groups excluding tert-OH is 1. The second-order valence-corrected chi connectivity index (χ2v) is 4.86. The van der Waals surface area contributed by atoms with Crippen LogP contribution >= 0.6 is 11.3 Å². The Balaban J connectivity index is 3.05. The molecule has 0 radical (unpaired) electrons. The molecule has 1 heterocycles. The Morgan fingerprint density at radius 3 is 2.78 bits per heavy atom. The Morgan fingerprint density at radius 1 is 1.72 bits per heavy atom. The van der Waals surface area contributed by atoms with Crippen LogP contribution in [0.25, 0.3) is 0 Å². The number of nitrogens with one attached hydrogen (secondary N) is 1. The predicted molar refractivity (Wildman–Crippen MR) is 68.9 cm³/mol. The van der Waals surface area contributed by atoms with Gasteiger partial charge in [-0.15, -0.1) is 11.3 Å². The Morgan fingerprint density at radius 2 is 2.33 bits per heavy atom. The molecule has 7 nitrogen and oxygen atoms in total. The van der Waals surface area contributed by atoms with Crippen molar-refractivity contribution in [2.24, 2.45) is 0 Å². The molecule has 0 saturated carbocycles. The second-order valence-electron chi connectivity index (χ2n) is 3.80. The van der Waals surface area contributed by atoms with E-state index in [0.29, 0.717) is 9.88 Å². The molecule has 1 aromatic rings. The van der Waals surface area contributed by atoms with E-state index in [4.69, 9.17) is 0 Å². The number of nitro groups is 1. The summed E-state index contributed by atoms with van der Waals surface area (Å²) in [5.74, 6) is -0.237. The number of hydrogen-bond donors (Lipinski definition) is 2. The number of rotatable bonds is 5. The minimum Gasteiger partial charge on any atom is -0.388 e. The standard InChI is InChI=1S/C10H15N3O4S/c1-6(14)8-4-7(13(16)17)10(18-8)12(3)5-9(15)11-2/h4,6,14H,5H2,1-3H3,(H,11,15). The summed E-state index contributed by atoms with van der Waals surface area (Å²) in [5, 5.41) is 23.2. The summed E-state index contributed by atoms with van der Waals surface area (Å²) >= 11 is 1.11. The fourth-order valence-corrected chi connectivity index (χ4v) is 2.39. The average molecular weight is 273 g/mol. The number of anilines is 1. The van der Waals surface area contributed by atoms with E-state index in [2.05, 4.69) is 5.32 Å². The first kappa shape index (κ1) is 14.4. The fourth-order valence-electron chi connectivity index (χ4n) is 1.37. The van der Waals surface area contributed by atoms with E-state index in [9.17, 15) is 20.0 Å². The molecular formula is C10H15N3O4S. The summed E-state index contributed by atoms with van der Waals surface area (Å²) in [6, 6.07) is 1.34. The van der Waals surface area contributed by atoms with Crippen LogP contribution in [0.3, 0.4) is 0 Å². The largest absolute Gasteiger partial charge is 0.388 e. The molecule has 1 atom stereocenters. The first-order valence-corrected chi connectivity index (χ1v) is 6.06. The van der Waals surface area contributed by atoms with E-state index < -0.39 is 11.0 Å². The topological polar surface area (TPSA) is 95.7 Å². The van der Waals surface area contributed by atoms with E-state index in [1.54, 1.807) is 7.05 Å². The number of carbonyl (C=O) groups excluding carboxylic acids is 1. The molecule has 0 bridgehead atoms. The van der Waals surface area contributed by atoms with E-state index in [1.807, 2.05) is 0 Å². The Kier molecular flexibility index (Phi) is 4.62. The van der Waals surface area contributed by atoms with Gasteiger partial charge < -0.3 is 15.3 Å². The zero-order valence-electron chi connectivity index (χ0n) is 10.3. The van der Waals surface area contributed by atoms with E-state index in [1.165, 1.54) is 24.9 Å². The molecule has 18 heavy (non-hydrogen) atoms. The summed E-state index contributed by atoms with van der Waals surface area (Å²) in [7, 11) is 3.10. The van der Waals surface area contributed by atoms with Crippen molar-refractivity contribution in [1.29, 1.82) is 0 Å². The molecule has 1 aromatic heterocycles. The lowest BCUT2D eigenvalue weighted by Gasteiger charge is -2.15. The quantitative estimate of drug-likeness (QED) is 0.613. The van der Waals surface area contributed by atoms with Gasteiger partial charge in [-0.25, -0.2) is 0 Å². The summed E-state index contributed by atoms with van der Waals surface area (Å²) in [5.41, 5.74) is -0.0951. The molecule has 8 heteroatoms. The van der Waals surface area contributed by atoms with Crippen LogP contribution in [0.2, 0.25) is 0 Å². The summed E-state index contributed by atoms with van der Waals surface area (Å²) < 4.78 is 0. The lowest BCUT2D eigenvalue weighted by molar-refractivity contribution is -0.383. The molecule has 0 aliphatic rings. The van der Waals surface area contributed by atoms with E-state index in [0.717, 1.165) is 11.3 Å². The number of aliphatic hydroxyl groups is 1. The number of nitrogens with zero attached hydrogens (tertiary/aromatic N) is 2. The van der Waals surface area contributed by atoms with Gasteiger partial charge in [0.15, 0.2) is 5.00 Å². The average Bonchev–Trinajstić information content (AvgIpc) is 2.73. The predicted octanol–water partition coefficient (Wildman–Crippen LogP) is 0.892. The third-order valence-corrected chi connectivity index (χ3v) is 3.74. The first-order chi connectivity index (χ1) is 8.36. The van der Waals surface area contributed by atoms with Gasteiger partial charge in [0.1, 0.15) is 0 Å². The molecule has 1 unspecified atom stereocenters. The molecule has 1 rings (SSSR count). The zero-order valence-corrected chi connectivity index (χ0v) is 11.2. The van der Waals surface area contributed by atoms with Crippen molar-refractivity contribution in [3.8, 4) is 0 Å². The van der Waals surface area contributed by atoms with Crippen molar-refractivity contribution in [2.45, 2.75) is 13.0 Å². The van der Waals surface area contributed by atoms with Gasteiger partial charge in [0.25, 0.3) is 0 Å². The zero-order chi connectivity index (χ0) is 13.9. The molecule has 0 spiro atoms. The molecule has 0 saturated heterocycles. The van der Waals surface area contributed by atoms with E-state index in [-0.39, 0.29) is 18.1 Å². The molecule has 2 N–H and O–H groups in total. The number of hydrogen-bond acceptors (Lipinski definition) is 6. The van der Waals surface area contributed by atoms with Gasteiger partial charge in [-0.1, -0.05) is 0 Å². The SMILES string of the molecule is CNC(=O)CN(C)c1sc(C(C)O)cc1[N+](=O)[O-]. The highest BCUT2D eigenvalue weighted by Crippen LogP contribution is 2.39. The number of likely N-dealkylation sites (N-methyl/N-ethyl adjacent to an activating group) is 2. The lowest BCUT2D eigenvalue weighted by Crippen LogP contribution is -2.32. The van der Waals surface area contributed by atoms with Crippen LogP contribution in [-0.2, 0) is 4.79 Å². The Bertz CT molecular complexity index is 458. The summed E-state index contributed by atoms with van der Waals surface area (Å²) in [4.78, 5) is 23.6. The van der Waals surface area contributed by atoms with Crippen molar-refractivity contribution in [1.82, 2.24) is 5.32 Å². The van der Waals surface area contributed by atoms with Crippen LogP contribution in [0, 0.1) is 10.1 Å². The Labute approximate surface area is 108 Å². The van der Waals surface area contributed by atoms with Crippen LogP contribution in [0.1, 0.15) is 17.9 Å². The van der Waals surface area contributed by atoms with Crippen LogP contribution in [0.5, 0.6) is 0 Å². The molecule has 100 valence electrons. The smallest absolute Gasteiger partial charge is 0.304 e. The first-order valence-electron chi connectivity index (χ1n) is 5.24. The molecule has 0 aliphatic heterocycles. The highest BCUT2D eigenvalue weighted by atomic mass is 32.1. The molecule has 0 fully saturated rings. The van der Waals surface area contributed by atoms with Crippen molar-refractivity contribution < 1.29 is 14.8 Å². The third kappa shape index (κ3) is 3.17. The van der Waals surface area contributed by atoms with Gasteiger partial charge in [0.2, 0.25) is 5.91 Å². The van der Waals surface area contributed by atoms with Crippen molar-refractivity contribution >= 4 is 27.9 Å². The van der Waals surface area contributed by atoms with Crippen molar-refractivity contribution in [2.75, 3.05) is 25.5 Å². The second kappa shape index (κ2) is 5.78. The number of thiophene rings is 1. The van der Waals surface area contributed by atoms with Crippen LogP contribution in [0.15, 0.2) is 6.07 Å². The summed E-state index contributed by atoms with van der Waals surface area (Å²) in [6.07, 6.45) is -0.768. The third-order valence-electron chi connectivity index (χ3n) is 2.33. The number of amides is 1. The molecule has 1 amide bonds. The molecular weight excluding hydrogens is 258 g/mol. The maximum Gasteiger partial charge on any atom is 0.304 e. The maximum absolute atomic E-state index is 11.2. The van der Waals surface area contributed by atoms with Gasteiger partial charge in [0.05, 0.1) is 17.6 Å². The summed E-state index contributed by atoms with van der Waals surface area (Å²) in [6.45, 7) is 1.56. The normalized spacial score (nSPS) is 12.0. The van der Waals surface area contributed by atoms with Crippen molar-refractivity contribution in [3.05, 3.63) is 21.1 Å². The maximum atomic E-state index is 11.2.